The van der Waals surface area contributed by atoms with Crippen molar-refractivity contribution in [2.45, 2.75) is 45.7 Å². The Morgan fingerprint density at radius 3 is 2.89 bits per heavy atom. The molecule has 1 fully saturated rings. The molecule has 0 spiro atoms. The maximum Gasteiger partial charge on any atom is 0.259 e. The van der Waals surface area contributed by atoms with Crippen molar-refractivity contribution in [3.8, 4) is 0 Å². The third kappa shape index (κ3) is 1.97. The van der Waals surface area contributed by atoms with Crippen molar-refractivity contribution in [3.05, 3.63) is 26.6 Å². The highest BCUT2D eigenvalue weighted by atomic mass is 32.1. The number of aromatic amines is 1. The van der Waals surface area contributed by atoms with E-state index in [0.29, 0.717) is 12.6 Å². The lowest BCUT2D eigenvalue weighted by Gasteiger charge is -2.26. The summed E-state index contributed by atoms with van der Waals surface area (Å²) in [5.74, 6) is 0.751. The number of hydrogen-bond donors (Lipinski definition) is 2. The summed E-state index contributed by atoms with van der Waals surface area (Å²) in [6, 6.07) is 0.609. The first-order valence-corrected chi connectivity index (χ1v) is 7.19. The van der Waals surface area contributed by atoms with Crippen LogP contribution in [0.3, 0.4) is 0 Å². The van der Waals surface area contributed by atoms with Crippen molar-refractivity contribution in [2.24, 2.45) is 0 Å². The second-order valence-corrected chi connectivity index (χ2v) is 6.19. The van der Waals surface area contributed by atoms with Gasteiger partial charge in [-0.25, -0.2) is 4.98 Å². The highest BCUT2D eigenvalue weighted by Crippen LogP contribution is 2.25. The molecular formula is C13H17N3OS. The van der Waals surface area contributed by atoms with Crippen molar-refractivity contribution in [3.63, 3.8) is 0 Å². The predicted octanol–water partition coefficient (Wildman–Crippen LogP) is 2.24. The van der Waals surface area contributed by atoms with Gasteiger partial charge in [-0.1, -0.05) is 6.42 Å². The molecule has 0 amide bonds. The van der Waals surface area contributed by atoms with Crippen molar-refractivity contribution >= 4 is 21.6 Å². The number of rotatable bonds is 3. The Morgan fingerprint density at radius 1 is 1.44 bits per heavy atom. The molecular weight excluding hydrogens is 246 g/mol. The van der Waals surface area contributed by atoms with Crippen LogP contribution >= 0.6 is 11.3 Å². The van der Waals surface area contributed by atoms with E-state index in [0.717, 1.165) is 21.6 Å². The van der Waals surface area contributed by atoms with Gasteiger partial charge in [-0.3, -0.25) is 4.79 Å². The number of nitrogens with one attached hydrogen (secondary N) is 2. The molecule has 1 aliphatic rings. The highest BCUT2D eigenvalue weighted by molar-refractivity contribution is 7.18. The van der Waals surface area contributed by atoms with Crippen molar-refractivity contribution in [2.75, 3.05) is 0 Å². The maximum absolute atomic E-state index is 12.0. The quantitative estimate of drug-likeness (QED) is 0.893. The molecule has 18 heavy (non-hydrogen) atoms. The van der Waals surface area contributed by atoms with Gasteiger partial charge in [0.2, 0.25) is 0 Å². The molecule has 2 aromatic heterocycles. The summed E-state index contributed by atoms with van der Waals surface area (Å²) in [6.45, 7) is 4.68. The van der Waals surface area contributed by atoms with Crippen LogP contribution < -0.4 is 10.9 Å². The number of aryl methyl sites for hydroxylation is 2. The molecule has 0 radical (unpaired) electrons. The minimum atomic E-state index is -0.00717. The van der Waals surface area contributed by atoms with E-state index in [4.69, 9.17) is 0 Å². The van der Waals surface area contributed by atoms with Crippen LogP contribution in [0.15, 0.2) is 4.79 Å². The molecule has 1 aliphatic carbocycles. The number of hydrogen-bond acceptors (Lipinski definition) is 4. The first kappa shape index (κ1) is 11.9. The van der Waals surface area contributed by atoms with Crippen LogP contribution in [0.1, 0.15) is 35.5 Å². The third-order valence-corrected chi connectivity index (χ3v) is 4.85. The lowest BCUT2D eigenvalue weighted by Crippen LogP contribution is -2.35. The zero-order chi connectivity index (χ0) is 12.7. The van der Waals surface area contributed by atoms with E-state index >= 15 is 0 Å². The molecule has 0 saturated heterocycles. The number of aromatic nitrogens is 2. The second-order valence-electron chi connectivity index (χ2n) is 4.98. The van der Waals surface area contributed by atoms with E-state index in [1.807, 2.05) is 13.8 Å². The summed E-state index contributed by atoms with van der Waals surface area (Å²) < 4.78 is 0. The van der Waals surface area contributed by atoms with E-state index in [2.05, 4.69) is 15.3 Å². The van der Waals surface area contributed by atoms with Gasteiger partial charge in [-0.2, -0.15) is 0 Å². The molecule has 0 bridgehead atoms. The van der Waals surface area contributed by atoms with Gasteiger partial charge >= 0.3 is 0 Å². The van der Waals surface area contributed by atoms with Crippen LogP contribution in [0.4, 0.5) is 0 Å². The number of H-pyrrole nitrogens is 1. The summed E-state index contributed by atoms with van der Waals surface area (Å²) in [6.07, 6.45) is 3.79. The Balaban J connectivity index is 1.91. The van der Waals surface area contributed by atoms with Gasteiger partial charge < -0.3 is 10.3 Å². The van der Waals surface area contributed by atoms with Crippen LogP contribution in [-0.2, 0) is 6.54 Å². The monoisotopic (exact) mass is 263 g/mol. The summed E-state index contributed by atoms with van der Waals surface area (Å²) in [7, 11) is 0. The minimum Gasteiger partial charge on any atom is -0.309 e. The van der Waals surface area contributed by atoms with Gasteiger partial charge in [0.1, 0.15) is 10.7 Å². The largest absolute Gasteiger partial charge is 0.309 e. The Bertz CT molecular complexity index is 639. The van der Waals surface area contributed by atoms with Crippen LogP contribution in [0.2, 0.25) is 0 Å². The van der Waals surface area contributed by atoms with Crippen molar-refractivity contribution in [1.82, 2.24) is 15.3 Å². The Morgan fingerprint density at radius 2 is 2.22 bits per heavy atom. The molecule has 2 N–H and O–H groups in total. The lowest BCUT2D eigenvalue weighted by molar-refractivity contribution is 0.335. The number of nitrogens with zero attached hydrogens (tertiary/aromatic N) is 1. The summed E-state index contributed by atoms with van der Waals surface area (Å²) in [4.78, 5) is 21.5. The van der Waals surface area contributed by atoms with E-state index < -0.39 is 0 Å². The van der Waals surface area contributed by atoms with Gasteiger partial charge in [0.15, 0.2) is 0 Å². The third-order valence-electron chi connectivity index (χ3n) is 3.75. The van der Waals surface area contributed by atoms with E-state index in [-0.39, 0.29) is 5.56 Å². The smallest absolute Gasteiger partial charge is 0.259 e. The molecule has 2 aromatic rings. The molecule has 96 valence electrons. The standard InChI is InChI=1S/C13H17N3OS/c1-7-8(2)18-13-11(7)12(17)15-10(16-13)6-14-9-4-3-5-9/h9,14H,3-6H2,1-2H3,(H,15,16,17). The molecule has 5 heteroatoms. The van der Waals surface area contributed by atoms with E-state index in [1.54, 1.807) is 11.3 Å². The fourth-order valence-corrected chi connectivity index (χ4v) is 3.29. The lowest BCUT2D eigenvalue weighted by atomic mass is 9.93. The zero-order valence-corrected chi connectivity index (χ0v) is 11.5. The molecule has 0 aliphatic heterocycles. The molecule has 3 rings (SSSR count). The molecule has 0 unspecified atom stereocenters. The van der Waals surface area contributed by atoms with Crippen LogP contribution in [0.5, 0.6) is 0 Å². The summed E-state index contributed by atoms with van der Waals surface area (Å²) in [5.41, 5.74) is 1.05. The van der Waals surface area contributed by atoms with Gasteiger partial charge in [0.05, 0.1) is 11.9 Å². The maximum atomic E-state index is 12.0. The van der Waals surface area contributed by atoms with Gasteiger partial charge in [0, 0.05) is 10.9 Å². The van der Waals surface area contributed by atoms with Crippen LogP contribution in [-0.4, -0.2) is 16.0 Å². The number of fused-ring (bicyclic) bond motifs is 1. The predicted molar refractivity (Wildman–Crippen MR) is 74.2 cm³/mol. The average Bonchev–Trinajstić information content (AvgIpc) is 2.53. The normalized spacial score (nSPS) is 16.1. The first-order chi connectivity index (χ1) is 8.65. The summed E-state index contributed by atoms with van der Waals surface area (Å²) >= 11 is 1.60. The summed E-state index contributed by atoms with van der Waals surface area (Å²) in [5, 5.41) is 4.18. The number of thiophene rings is 1. The Kier molecular flexibility index (Phi) is 2.95. The van der Waals surface area contributed by atoms with E-state index in [9.17, 15) is 4.79 Å². The fraction of sp³-hybridized carbons (Fsp3) is 0.538. The topological polar surface area (TPSA) is 57.8 Å². The van der Waals surface area contributed by atoms with Gasteiger partial charge in [-0.15, -0.1) is 11.3 Å². The van der Waals surface area contributed by atoms with Crippen LogP contribution in [0, 0.1) is 13.8 Å². The second kappa shape index (κ2) is 4.48. The Labute approximate surface area is 109 Å². The molecule has 1 saturated carbocycles. The van der Waals surface area contributed by atoms with Gasteiger partial charge in [-0.05, 0) is 32.3 Å². The average molecular weight is 263 g/mol. The van der Waals surface area contributed by atoms with Crippen molar-refractivity contribution in [1.29, 1.82) is 0 Å². The molecule has 0 atom stereocenters. The molecule has 4 nitrogen and oxygen atoms in total. The van der Waals surface area contributed by atoms with Crippen molar-refractivity contribution < 1.29 is 0 Å². The van der Waals surface area contributed by atoms with Gasteiger partial charge in [0.25, 0.3) is 5.56 Å². The SMILES string of the molecule is Cc1sc2nc(CNC3CCC3)[nH]c(=O)c2c1C. The van der Waals surface area contributed by atoms with Crippen LogP contribution in [0.25, 0.3) is 10.2 Å². The van der Waals surface area contributed by atoms with E-state index in [1.165, 1.54) is 24.1 Å². The Hall–Kier alpha value is -1.20. The first-order valence-electron chi connectivity index (χ1n) is 6.37. The fourth-order valence-electron chi connectivity index (χ4n) is 2.24. The molecule has 2 heterocycles. The molecule has 0 aromatic carbocycles. The highest BCUT2D eigenvalue weighted by Gasteiger charge is 2.17. The zero-order valence-electron chi connectivity index (χ0n) is 10.7. The minimum absolute atomic E-state index is 0.00717.